The number of carbonyl (C=O) groups is 3. The molecule has 1 aromatic rings. The molecule has 8 nitrogen and oxygen atoms in total. The quantitative estimate of drug-likeness (QED) is 0.688. The molecule has 2 heterocycles. The van der Waals surface area contributed by atoms with Crippen LogP contribution in [-0.4, -0.2) is 50.6 Å². The lowest BCUT2D eigenvalue weighted by atomic mass is 9.98. The second-order valence-electron chi connectivity index (χ2n) is 6.99. The number of rotatable bonds is 6. The molecule has 0 saturated carbocycles. The maximum absolute atomic E-state index is 12.1. The molecule has 0 atom stereocenters. The van der Waals surface area contributed by atoms with Gasteiger partial charge in [0.1, 0.15) is 5.75 Å². The molecule has 146 valence electrons. The molecule has 0 unspecified atom stereocenters. The van der Waals surface area contributed by atoms with Gasteiger partial charge >= 0.3 is 6.03 Å². The van der Waals surface area contributed by atoms with E-state index in [-0.39, 0.29) is 24.8 Å². The molecule has 2 aliphatic heterocycles. The Morgan fingerprint density at radius 3 is 2.81 bits per heavy atom. The molecular weight excluding hydrogens is 348 g/mol. The van der Waals surface area contributed by atoms with Gasteiger partial charge in [0.2, 0.25) is 5.91 Å². The summed E-state index contributed by atoms with van der Waals surface area (Å²) in [4.78, 5) is 36.9. The normalized spacial score (nSPS) is 18.2. The molecule has 27 heavy (non-hydrogen) atoms. The van der Waals surface area contributed by atoms with Gasteiger partial charge in [0.25, 0.3) is 5.91 Å². The average Bonchev–Trinajstić information content (AvgIpc) is 2.67. The number of hydrogen-bond donors (Lipinski definition) is 3. The first-order valence-corrected chi connectivity index (χ1v) is 9.35. The zero-order valence-electron chi connectivity index (χ0n) is 15.5. The van der Waals surface area contributed by atoms with Gasteiger partial charge in [-0.15, -0.1) is 0 Å². The van der Waals surface area contributed by atoms with E-state index in [2.05, 4.69) is 16.0 Å². The fourth-order valence-electron chi connectivity index (χ4n) is 3.31. The molecule has 0 aliphatic carbocycles. The van der Waals surface area contributed by atoms with E-state index in [1.807, 2.05) is 13.0 Å². The molecule has 2 fully saturated rings. The van der Waals surface area contributed by atoms with Crippen molar-refractivity contribution in [1.82, 2.24) is 16.0 Å². The van der Waals surface area contributed by atoms with E-state index in [9.17, 15) is 14.4 Å². The van der Waals surface area contributed by atoms with E-state index in [4.69, 9.17) is 4.74 Å². The van der Waals surface area contributed by atoms with Crippen molar-refractivity contribution in [2.24, 2.45) is 5.92 Å². The van der Waals surface area contributed by atoms with E-state index < -0.39 is 6.03 Å². The van der Waals surface area contributed by atoms with Gasteiger partial charge in [0.05, 0.1) is 5.69 Å². The van der Waals surface area contributed by atoms with Gasteiger partial charge in [-0.05, 0) is 50.4 Å². The van der Waals surface area contributed by atoms with Crippen molar-refractivity contribution in [3.05, 3.63) is 23.8 Å². The summed E-state index contributed by atoms with van der Waals surface area (Å²) in [5, 5.41) is 8.53. The molecule has 0 bridgehead atoms. The molecule has 3 N–H and O–H groups in total. The maximum atomic E-state index is 12.1. The molecule has 2 saturated heterocycles. The minimum atomic E-state index is -0.439. The number of benzene rings is 1. The minimum absolute atomic E-state index is 0.0713. The number of nitrogens with one attached hydrogen (secondary N) is 3. The number of urea groups is 1. The van der Waals surface area contributed by atoms with Crippen LogP contribution >= 0.6 is 0 Å². The van der Waals surface area contributed by atoms with Gasteiger partial charge in [0, 0.05) is 25.6 Å². The van der Waals surface area contributed by atoms with Crippen LogP contribution in [-0.2, 0) is 9.59 Å². The van der Waals surface area contributed by atoms with Gasteiger partial charge in [-0.25, -0.2) is 4.79 Å². The Kier molecular flexibility index (Phi) is 6.28. The first kappa shape index (κ1) is 19.2. The number of nitrogens with zero attached hydrogens (tertiary/aromatic N) is 1. The summed E-state index contributed by atoms with van der Waals surface area (Å²) in [7, 11) is 0. The average molecular weight is 374 g/mol. The van der Waals surface area contributed by atoms with Crippen LogP contribution < -0.4 is 25.6 Å². The van der Waals surface area contributed by atoms with Crippen LogP contribution in [0.4, 0.5) is 10.5 Å². The van der Waals surface area contributed by atoms with Crippen molar-refractivity contribution >= 4 is 23.5 Å². The third kappa shape index (κ3) is 5.19. The molecule has 4 amide bonds. The lowest BCUT2D eigenvalue weighted by Crippen LogP contribution is -2.49. The smallest absolute Gasteiger partial charge is 0.328 e. The molecule has 0 spiro atoms. The summed E-state index contributed by atoms with van der Waals surface area (Å²) in [5.41, 5.74) is 1.56. The zero-order valence-corrected chi connectivity index (χ0v) is 15.5. The number of imide groups is 1. The predicted octanol–water partition coefficient (Wildman–Crippen LogP) is 0.936. The minimum Gasteiger partial charge on any atom is -0.484 e. The van der Waals surface area contributed by atoms with Crippen LogP contribution in [0.15, 0.2) is 18.2 Å². The molecule has 2 aliphatic rings. The van der Waals surface area contributed by atoms with E-state index >= 15 is 0 Å². The number of ether oxygens (including phenoxy) is 1. The van der Waals surface area contributed by atoms with Gasteiger partial charge < -0.3 is 15.4 Å². The number of aryl methyl sites for hydroxylation is 1. The lowest BCUT2D eigenvalue weighted by Gasteiger charge is -2.28. The molecular formula is C19H26N4O4. The van der Waals surface area contributed by atoms with Crippen LogP contribution in [0.2, 0.25) is 0 Å². The maximum Gasteiger partial charge on any atom is 0.328 e. The standard InChI is InChI=1S/C19H26N4O4/c1-13-2-3-15(10-16(13)23-9-6-17(24)22-19(23)26)27-12-18(25)21-11-14-4-7-20-8-5-14/h2-3,10,14,20H,4-9,11-12H2,1H3,(H,21,25)(H,22,24,26). The second kappa shape index (κ2) is 8.85. The van der Waals surface area contributed by atoms with E-state index in [1.165, 1.54) is 4.90 Å². The monoisotopic (exact) mass is 374 g/mol. The SMILES string of the molecule is Cc1ccc(OCC(=O)NCC2CCNCC2)cc1N1CCC(=O)NC1=O. The first-order chi connectivity index (χ1) is 13.0. The van der Waals surface area contributed by atoms with Gasteiger partial charge in [-0.1, -0.05) is 6.07 Å². The highest BCUT2D eigenvalue weighted by Crippen LogP contribution is 2.27. The summed E-state index contributed by atoms with van der Waals surface area (Å²) in [5.74, 6) is 0.600. The first-order valence-electron chi connectivity index (χ1n) is 9.35. The number of carbonyl (C=O) groups excluding carboxylic acids is 3. The lowest BCUT2D eigenvalue weighted by molar-refractivity contribution is -0.123. The Morgan fingerprint density at radius 1 is 1.30 bits per heavy atom. The molecule has 0 radical (unpaired) electrons. The van der Waals surface area contributed by atoms with Gasteiger partial charge in [-0.2, -0.15) is 0 Å². The van der Waals surface area contributed by atoms with Crippen molar-refractivity contribution in [2.45, 2.75) is 26.2 Å². The van der Waals surface area contributed by atoms with Crippen molar-refractivity contribution in [2.75, 3.05) is 37.7 Å². The van der Waals surface area contributed by atoms with Crippen molar-refractivity contribution in [3.63, 3.8) is 0 Å². The fourth-order valence-corrected chi connectivity index (χ4v) is 3.31. The summed E-state index contributed by atoms with van der Waals surface area (Å²) >= 11 is 0. The predicted molar refractivity (Wildman–Crippen MR) is 101 cm³/mol. The van der Waals surface area contributed by atoms with Crippen molar-refractivity contribution in [3.8, 4) is 5.75 Å². The third-order valence-electron chi connectivity index (χ3n) is 4.94. The Bertz CT molecular complexity index is 716. The topological polar surface area (TPSA) is 99.8 Å². The molecule has 8 heteroatoms. The molecule has 3 rings (SSSR count). The van der Waals surface area contributed by atoms with Crippen molar-refractivity contribution < 1.29 is 19.1 Å². The molecule has 1 aromatic carbocycles. The summed E-state index contributed by atoms with van der Waals surface area (Å²) in [6, 6.07) is 4.89. The number of piperidine rings is 1. The second-order valence-corrected chi connectivity index (χ2v) is 6.99. The Balaban J connectivity index is 1.53. The van der Waals surface area contributed by atoms with Crippen molar-refractivity contribution in [1.29, 1.82) is 0 Å². The van der Waals surface area contributed by atoms with Gasteiger partial charge in [-0.3, -0.25) is 19.8 Å². The summed E-state index contributed by atoms with van der Waals surface area (Å²) in [6.45, 7) is 4.81. The Morgan fingerprint density at radius 2 is 2.07 bits per heavy atom. The van der Waals surface area contributed by atoms with Crippen LogP contribution in [0.1, 0.15) is 24.8 Å². The highest BCUT2D eigenvalue weighted by atomic mass is 16.5. The van der Waals surface area contributed by atoms with E-state index in [0.29, 0.717) is 30.4 Å². The van der Waals surface area contributed by atoms with E-state index in [1.54, 1.807) is 12.1 Å². The molecule has 0 aromatic heterocycles. The zero-order chi connectivity index (χ0) is 19.2. The van der Waals surface area contributed by atoms with Gasteiger partial charge in [0.15, 0.2) is 6.61 Å². The fraction of sp³-hybridized carbons (Fsp3) is 0.526. The van der Waals surface area contributed by atoms with Crippen LogP contribution in [0.3, 0.4) is 0 Å². The third-order valence-corrected chi connectivity index (χ3v) is 4.94. The number of hydrogen-bond acceptors (Lipinski definition) is 5. The van der Waals surface area contributed by atoms with Crippen LogP contribution in [0, 0.1) is 12.8 Å². The van der Waals surface area contributed by atoms with Crippen LogP contribution in [0.5, 0.6) is 5.75 Å². The van der Waals surface area contributed by atoms with Crippen LogP contribution in [0.25, 0.3) is 0 Å². The highest BCUT2D eigenvalue weighted by Gasteiger charge is 2.25. The Hall–Kier alpha value is -2.61. The largest absolute Gasteiger partial charge is 0.484 e. The summed E-state index contributed by atoms with van der Waals surface area (Å²) in [6.07, 6.45) is 2.40. The number of amides is 4. The Labute approximate surface area is 158 Å². The highest BCUT2D eigenvalue weighted by molar-refractivity contribution is 6.06. The number of anilines is 1. The summed E-state index contributed by atoms with van der Waals surface area (Å²) < 4.78 is 5.60. The van der Waals surface area contributed by atoms with E-state index in [0.717, 1.165) is 31.5 Å².